The van der Waals surface area contributed by atoms with Crippen molar-refractivity contribution in [2.75, 3.05) is 0 Å². The average molecular weight is 344 g/mol. The van der Waals surface area contributed by atoms with Crippen molar-refractivity contribution in [2.45, 2.75) is 9.79 Å². The standard InChI is InChI=1S/C6H2Cl4O4S2/c7-3-1-5(15(9,11)12)4(8)2-6(3)16(10,13)14/h1-2H. The van der Waals surface area contributed by atoms with Crippen molar-refractivity contribution in [3.63, 3.8) is 0 Å². The highest BCUT2D eigenvalue weighted by molar-refractivity contribution is 8.14. The average Bonchev–Trinajstić information content (AvgIpc) is 2.04. The quantitative estimate of drug-likeness (QED) is 0.774. The molecule has 1 rings (SSSR count). The Hall–Kier alpha value is 0.280. The van der Waals surface area contributed by atoms with Crippen molar-refractivity contribution in [1.29, 1.82) is 0 Å². The monoisotopic (exact) mass is 342 g/mol. The Morgan fingerprint density at radius 2 is 1.00 bits per heavy atom. The number of rotatable bonds is 2. The van der Waals surface area contributed by atoms with Crippen molar-refractivity contribution in [1.82, 2.24) is 0 Å². The van der Waals surface area contributed by atoms with Crippen LogP contribution in [0.5, 0.6) is 0 Å². The van der Waals surface area contributed by atoms with Gasteiger partial charge in [-0.1, -0.05) is 23.2 Å². The summed E-state index contributed by atoms with van der Waals surface area (Å²) < 4.78 is 44.0. The zero-order chi connectivity index (χ0) is 12.7. The maximum absolute atomic E-state index is 11.0. The maximum atomic E-state index is 11.0. The molecule has 0 unspecified atom stereocenters. The van der Waals surface area contributed by atoms with Crippen LogP contribution in [0.4, 0.5) is 0 Å². The van der Waals surface area contributed by atoms with Crippen LogP contribution in [0.15, 0.2) is 21.9 Å². The van der Waals surface area contributed by atoms with Gasteiger partial charge < -0.3 is 0 Å². The highest BCUT2D eigenvalue weighted by atomic mass is 35.7. The van der Waals surface area contributed by atoms with E-state index in [1.807, 2.05) is 0 Å². The summed E-state index contributed by atoms with van der Waals surface area (Å²) in [6.45, 7) is 0. The van der Waals surface area contributed by atoms with Crippen molar-refractivity contribution < 1.29 is 16.8 Å². The molecule has 90 valence electrons. The molecule has 4 nitrogen and oxygen atoms in total. The number of hydrogen-bond donors (Lipinski definition) is 0. The molecule has 0 aliphatic heterocycles. The molecule has 10 heteroatoms. The SMILES string of the molecule is O=S(=O)(Cl)c1cc(Cl)c(S(=O)(=O)Cl)cc1Cl. The van der Waals surface area contributed by atoms with Gasteiger partial charge in [0.1, 0.15) is 9.79 Å². The first-order chi connectivity index (χ1) is 7.03. The molecule has 1 aromatic rings. The van der Waals surface area contributed by atoms with Crippen LogP contribution in [0.3, 0.4) is 0 Å². The van der Waals surface area contributed by atoms with E-state index in [0.29, 0.717) is 0 Å². The lowest BCUT2D eigenvalue weighted by Crippen LogP contribution is -1.97. The third-order valence-electron chi connectivity index (χ3n) is 1.51. The summed E-state index contributed by atoms with van der Waals surface area (Å²) in [5.41, 5.74) is 0. The van der Waals surface area contributed by atoms with E-state index in [9.17, 15) is 16.8 Å². The Morgan fingerprint density at radius 3 is 1.19 bits per heavy atom. The molecule has 1 aromatic carbocycles. The van der Waals surface area contributed by atoms with Gasteiger partial charge in [0.15, 0.2) is 0 Å². The fourth-order valence-electron chi connectivity index (χ4n) is 0.884. The lowest BCUT2D eigenvalue weighted by molar-refractivity contribution is 0.606. The molecule has 16 heavy (non-hydrogen) atoms. The molecule has 0 aromatic heterocycles. The molecule has 0 radical (unpaired) electrons. The molecule has 0 fully saturated rings. The molecular formula is C6H2Cl4O4S2. The molecular weight excluding hydrogens is 342 g/mol. The van der Waals surface area contributed by atoms with Gasteiger partial charge in [0.05, 0.1) is 10.0 Å². The fourth-order valence-corrected chi connectivity index (χ4v) is 4.05. The summed E-state index contributed by atoms with van der Waals surface area (Å²) in [7, 11) is 1.90. The molecule has 0 aliphatic rings. The Balaban J connectivity index is 3.65. The van der Waals surface area contributed by atoms with Crippen LogP contribution >= 0.6 is 44.6 Å². The van der Waals surface area contributed by atoms with Gasteiger partial charge in [-0.15, -0.1) is 0 Å². The third kappa shape index (κ3) is 3.15. The second kappa shape index (κ2) is 4.51. The zero-order valence-corrected chi connectivity index (χ0v) is 11.8. The van der Waals surface area contributed by atoms with Crippen LogP contribution in [0.2, 0.25) is 10.0 Å². The van der Waals surface area contributed by atoms with Crippen molar-refractivity contribution in [2.24, 2.45) is 0 Å². The molecule has 0 spiro atoms. The van der Waals surface area contributed by atoms with Gasteiger partial charge in [-0.3, -0.25) is 0 Å². The summed E-state index contributed by atoms with van der Waals surface area (Å²) >= 11 is 11.1. The normalized spacial score (nSPS) is 12.8. The molecule has 0 aliphatic carbocycles. The summed E-state index contributed by atoms with van der Waals surface area (Å²) in [6, 6.07) is 1.64. The highest BCUT2D eigenvalue weighted by Crippen LogP contribution is 2.34. The van der Waals surface area contributed by atoms with E-state index in [1.54, 1.807) is 0 Å². The summed E-state index contributed by atoms with van der Waals surface area (Å²) in [5, 5.41) is -0.753. The van der Waals surface area contributed by atoms with Crippen LogP contribution in [0.25, 0.3) is 0 Å². The first-order valence-corrected chi connectivity index (χ1v) is 8.79. The van der Waals surface area contributed by atoms with Crippen molar-refractivity contribution in [3.8, 4) is 0 Å². The van der Waals surface area contributed by atoms with E-state index in [-0.39, 0.29) is 10.0 Å². The van der Waals surface area contributed by atoms with E-state index in [0.717, 1.165) is 12.1 Å². The molecule has 0 saturated heterocycles. The Kier molecular flexibility index (Phi) is 4.04. The van der Waals surface area contributed by atoms with Crippen LogP contribution in [-0.2, 0) is 18.1 Å². The molecule has 0 saturated carbocycles. The van der Waals surface area contributed by atoms with Crippen LogP contribution in [0, 0.1) is 0 Å². The maximum Gasteiger partial charge on any atom is 0.262 e. The highest BCUT2D eigenvalue weighted by Gasteiger charge is 2.22. The molecule has 0 heterocycles. The van der Waals surface area contributed by atoms with Crippen LogP contribution in [-0.4, -0.2) is 16.8 Å². The van der Waals surface area contributed by atoms with Gasteiger partial charge >= 0.3 is 0 Å². The van der Waals surface area contributed by atoms with Gasteiger partial charge in [-0.2, -0.15) is 0 Å². The lowest BCUT2D eigenvalue weighted by atomic mass is 10.4. The van der Waals surface area contributed by atoms with E-state index in [2.05, 4.69) is 0 Å². The van der Waals surface area contributed by atoms with E-state index >= 15 is 0 Å². The van der Waals surface area contributed by atoms with Gasteiger partial charge in [-0.25, -0.2) is 16.8 Å². The minimum Gasteiger partial charge on any atom is -0.207 e. The number of halogens is 4. The summed E-state index contributed by atoms with van der Waals surface area (Å²) in [6.07, 6.45) is 0. The second-order valence-electron chi connectivity index (χ2n) is 2.59. The predicted molar refractivity (Wildman–Crippen MR) is 62.5 cm³/mol. The summed E-state index contributed by atoms with van der Waals surface area (Å²) in [5.74, 6) is 0. The van der Waals surface area contributed by atoms with E-state index < -0.39 is 27.9 Å². The number of hydrogen-bond acceptors (Lipinski definition) is 4. The topological polar surface area (TPSA) is 68.3 Å². The fraction of sp³-hybridized carbons (Fsp3) is 0. The van der Waals surface area contributed by atoms with Crippen LogP contribution in [0.1, 0.15) is 0 Å². The third-order valence-corrected chi connectivity index (χ3v) is 5.08. The molecule has 0 amide bonds. The molecule has 0 bridgehead atoms. The minimum absolute atomic E-state index is 0.376. The smallest absolute Gasteiger partial charge is 0.207 e. The Morgan fingerprint density at radius 1 is 0.750 bits per heavy atom. The lowest BCUT2D eigenvalue weighted by Gasteiger charge is -2.04. The first kappa shape index (κ1) is 14.3. The number of benzene rings is 1. The van der Waals surface area contributed by atoms with Gasteiger partial charge in [0, 0.05) is 21.4 Å². The van der Waals surface area contributed by atoms with Gasteiger partial charge in [-0.05, 0) is 12.1 Å². The van der Waals surface area contributed by atoms with Crippen molar-refractivity contribution >= 4 is 62.7 Å². The molecule has 0 N–H and O–H groups in total. The van der Waals surface area contributed by atoms with Crippen LogP contribution < -0.4 is 0 Å². The minimum atomic E-state index is -4.10. The summed E-state index contributed by atoms with van der Waals surface area (Å²) in [4.78, 5) is -0.963. The Bertz CT molecular complexity index is 577. The first-order valence-electron chi connectivity index (χ1n) is 3.42. The van der Waals surface area contributed by atoms with Crippen molar-refractivity contribution in [3.05, 3.63) is 22.2 Å². The van der Waals surface area contributed by atoms with E-state index in [1.165, 1.54) is 0 Å². The van der Waals surface area contributed by atoms with Gasteiger partial charge in [0.2, 0.25) is 0 Å². The molecule has 0 atom stereocenters. The second-order valence-corrected chi connectivity index (χ2v) is 8.47. The van der Waals surface area contributed by atoms with Gasteiger partial charge in [0.25, 0.3) is 18.1 Å². The Labute approximate surface area is 111 Å². The predicted octanol–water partition coefficient (Wildman–Crippen LogP) is 2.85. The van der Waals surface area contributed by atoms with E-state index in [4.69, 9.17) is 44.6 Å². The largest absolute Gasteiger partial charge is 0.262 e. The zero-order valence-electron chi connectivity index (χ0n) is 7.12.